The van der Waals surface area contributed by atoms with E-state index in [0.29, 0.717) is 0 Å². The summed E-state index contributed by atoms with van der Waals surface area (Å²) >= 11 is 2.82. The minimum absolute atomic E-state index is 0.784. The summed E-state index contributed by atoms with van der Waals surface area (Å²) in [6.45, 7) is 9.55. The molecule has 0 aliphatic carbocycles. The molecule has 2 aromatic heterocycles. The molecule has 2 aromatic rings. The number of nitrogens with zero attached hydrogens (tertiary/aromatic N) is 4. The number of thioether (sulfide) groups is 1. The Hall–Kier alpha value is -1.67. The summed E-state index contributed by atoms with van der Waals surface area (Å²) < 4.78 is -0.0815. The molecule has 0 amide bonds. The summed E-state index contributed by atoms with van der Waals surface area (Å²) in [7, 11) is 0. The molecule has 0 spiro atoms. The van der Waals surface area contributed by atoms with Crippen LogP contribution in [0.3, 0.4) is 0 Å². The summed E-state index contributed by atoms with van der Waals surface area (Å²) in [6, 6.07) is 0. The zero-order valence-electron chi connectivity index (χ0n) is 19.3. The Bertz CT molecular complexity index is 793. The lowest BCUT2D eigenvalue weighted by atomic mass is 10.1. The molecule has 0 saturated heterocycles. The third-order valence-electron chi connectivity index (χ3n) is 5.07. The van der Waals surface area contributed by atoms with Crippen molar-refractivity contribution in [2.45, 2.75) is 88.1 Å². The molecule has 0 fully saturated rings. The number of aromatic nitrogens is 3. The van der Waals surface area contributed by atoms with Gasteiger partial charge in [-0.3, -0.25) is 4.79 Å². The molecule has 0 radical (unpaired) electrons. The number of thiazole rings is 1. The number of carboxylic acids is 1. The van der Waals surface area contributed by atoms with E-state index >= 15 is 0 Å². The van der Waals surface area contributed by atoms with E-state index < -0.39 is 10.7 Å². The summed E-state index contributed by atoms with van der Waals surface area (Å²) in [4.78, 5) is 27.5. The Labute approximate surface area is 194 Å². The predicted octanol–water partition coefficient (Wildman–Crippen LogP) is 5.86. The highest BCUT2D eigenvalue weighted by Crippen LogP contribution is 2.34. The second-order valence-electron chi connectivity index (χ2n) is 8.31. The fourth-order valence-corrected chi connectivity index (χ4v) is 5.33. The molecule has 0 bridgehead atoms. The van der Waals surface area contributed by atoms with Gasteiger partial charge in [-0.2, -0.15) is 0 Å². The first kappa shape index (κ1) is 25.6. The Kier molecular flexibility index (Phi) is 10.7. The minimum atomic E-state index is -0.881. The van der Waals surface area contributed by atoms with Crippen LogP contribution in [0, 0.1) is 0 Å². The highest BCUT2D eigenvalue weighted by Gasteiger charge is 2.29. The SMILES string of the molecule is CCCCCCCN(CCc1csc(SC(C)(C)C(=O)O)n1)c1ncc(CCC)cn1. The summed E-state index contributed by atoms with van der Waals surface area (Å²) in [6.07, 6.45) is 12.9. The first-order valence-corrected chi connectivity index (χ1v) is 13.0. The lowest BCUT2D eigenvalue weighted by Crippen LogP contribution is -2.29. The normalized spacial score (nSPS) is 11.6. The van der Waals surface area contributed by atoms with E-state index in [1.165, 1.54) is 54.3 Å². The van der Waals surface area contributed by atoms with Gasteiger partial charge in [0.05, 0.1) is 5.69 Å². The molecule has 172 valence electrons. The average Bonchev–Trinajstić information content (AvgIpc) is 3.17. The molecule has 0 aliphatic heterocycles. The van der Waals surface area contributed by atoms with Crippen LogP contribution in [0.1, 0.15) is 77.5 Å². The van der Waals surface area contributed by atoms with Gasteiger partial charge < -0.3 is 10.0 Å². The zero-order valence-corrected chi connectivity index (χ0v) is 20.9. The van der Waals surface area contributed by atoms with Gasteiger partial charge in [-0.15, -0.1) is 11.3 Å². The molecule has 6 nitrogen and oxygen atoms in total. The van der Waals surface area contributed by atoms with Gasteiger partial charge in [-0.25, -0.2) is 15.0 Å². The van der Waals surface area contributed by atoms with Crippen LogP contribution < -0.4 is 4.90 Å². The third kappa shape index (κ3) is 8.77. The maximum atomic E-state index is 11.4. The van der Waals surface area contributed by atoms with Crippen molar-refractivity contribution in [1.29, 1.82) is 0 Å². The van der Waals surface area contributed by atoms with Crippen LogP contribution in [0.5, 0.6) is 0 Å². The summed E-state index contributed by atoms with van der Waals surface area (Å²) in [5.41, 5.74) is 2.17. The molecule has 0 saturated carbocycles. The zero-order chi connectivity index (χ0) is 22.7. The molecule has 2 heterocycles. The van der Waals surface area contributed by atoms with E-state index in [2.05, 4.69) is 33.7 Å². The number of unbranched alkanes of at least 4 members (excludes halogenated alkanes) is 4. The van der Waals surface area contributed by atoms with Crippen LogP contribution >= 0.6 is 23.1 Å². The molecule has 0 atom stereocenters. The number of carbonyl (C=O) groups is 1. The van der Waals surface area contributed by atoms with Crippen molar-refractivity contribution in [3.8, 4) is 0 Å². The van der Waals surface area contributed by atoms with Crippen molar-refractivity contribution in [3.05, 3.63) is 29.0 Å². The monoisotopic (exact) mass is 464 g/mol. The van der Waals surface area contributed by atoms with Gasteiger partial charge in [0, 0.05) is 37.3 Å². The number of carboxylic acid groups (broad SMARTS) is 1. The number of aliphatic carboxylic acids is 1. The molecule has 0 unspecified atom stereocenters. The van der Waals surface area contributed by atoms with Crippen LogP contribution in [-0.2, 0) is 17.6 Å². The fraction of sp³-hybridized carbons (Fsp3) is 0.652. The van der Waals surface area contributed by atoms with E-state index in [0.717, 1.165) is 54.8 Å². The van der Waals surface area contributed by atoms with Gasteiger partial charge in [0.25, 0.3) is 0 Å². The Morgan fingerprint density at radius 1 is 1.06 bits per heavy atom. The van der Waals surface area contributed by atoms with Crippen molar-refractivity contribution in [2.75, 3.05) is 18.0 Å². The third-order valence-corrected chi connectivity index (χ3v) is 7.24. The molecule has 2 rings (SSSR count). The quantitative estimate of drug-likeness (QED) is 0.261. The lowest BCUT2D eigenvalue weighted by Gasteiger charge is -2.22. The number of aryl methyl sites for hydroxylation is 1. The Balaban J connectivity index is 1.99. The van der Waals surface area contributed by atoms with Crippen LogP contribution in [0.15, 0.2) is 22.1 Å². The average molecular weight is 465 g/mol. The summed E-state index contributed by atoms with van der Waals surface area (Å²) in [5, 5.41) is 11.4. The van der Waals surface area contributed by atoms with Crippen LogP contribution in [0.25, 0.3) is 0 Å². The number of rotatable bonds is 15. The molecule has 8 heteroatoms. The molecular weight excluding hydrogens is 428 g/mol. The Morgan fingerprint density at radius 3 is 2.42 bits per heavy atom. The predicted molar refractivity (Wildman–Crippen MR) is 130 cm³/mol. The number of anilines is 1. The van der Waals surface area contributed by atoms with Crippen LogP contribution in [-0.4, -0.2) is 43.9 Å². The first-order valence-electron chi connectivity index (χ1n) is 11.3. The summed E-state index contributed by atoms with van der Waals surface area (Å²) in [5.74, 6) is -0.0423. The maximum absolute atomic E-state index is 11.4. The van der Waals surface area contributed by atoms with E-state index in [-0.39, 0.29) is 0 Å². The highest BCUT2D eigenvalue weighted by atomic mass is 32.2. The topological polar surface area (TPSA) is 79.2 Å². The van der Waals surface area contributed by atoms with E-state index in [9.17, 15) is 9.90 Å². The second-order valence-corrected chi connectivity index (χ2v) is 11.0. The largest absolute Gasteiger partial charge is 0.480 e. The molecular formula is C23H36N4O2S2. The minimum Gasteiger partial charge on any atom is -0.480 e. The number of hydrogen-bond acceptors (Lipinski definition) is 7. The van der Waals surface area contributed by atoms with Crippen molar-refractivity contribution in [1.82, 2.24) is 15.0 Å². The van der Waals surface area contributed by atoms with Gasteiger partial charge in [0.15, 0.2) is 4.34 Å². The van der Waals surface area contributed by atoms with Crippen LogP contribution in [0.2, 0.25) is 0 Å². The standard InChI is InChI=1S/C23H36N4O2S2/c1-5-7-8-9-10-13-27(21-24-15-18(11-6-2)16-25-21)14-12-19-17-30-22(26-19)31-23(3,4)20(28)29/h15-17H,5-14H2,1-4H3,(H,28,29). The van der Waals surface area contributed by atoms with E-state index in [4.69, 9.17) is 0 Å². The second kappa shape index (κ2) is 13.0. The lowest BCUT2D eigenvalue weighted by molar-refractivity contribution is -0.138. The van der Waals surface area contributed by atoms with Gasteiger partial charge in [-0.05, 0) is 32.3 Å². The van der Waals surface area contributed by atoms with Crippen molar-refractivity contribution >= 4 is 35.0 Å². The first-order chi connectivity index (χ1) is 14.9. The molecule has 0 aliphatic rings. The highest BCUT2D eigenvalue weighted by molar-refractivity contribution is 8.02. The van der Waals surface area contributed by atoms with Gasteiger partial charge in [0.2, 0.25) is 5.95 Å². The smallest absolute Gasteiger partial charge is 0.319 e. The fourth-order valence-electron chi connectivity index (χ4n) is 3.11. The van der Waals surface area contributed by atoms with Gasteiger partial charge >= 0.3 is 5.97 Å². The number of hydrogen-bond donors (Lipinski definition) is 1. The maximum Gasteiger partial charge on any atom is 0.319 e. The van der Waals surface area contributed by atoms with Gasteiger partial charge in [0.1, 0.15) is 4.75 Å². The van der Waals surface area contributed by atoms with E-state index in [1.807, 2.05) is 17.8 Å². The van der Waals surface area contributed by atoms with E-state index in [1.54, 1.807) is 13.8 Å². The molecule has 0 aromatic carbocycles. The van der Waals surface area contributed by atoms with Crippen molar-refractivity contribution in [3.63, 3.8) is 0 Å². The van der Waals surface area contributed by atoms with Crippen LogP contribution in [0.4, 0.5) is 5.95 Å². The van der Waals surface area contributed by atoms with Crippen molar-refractivity contribution in [2.24, 2.45) is 0 Å². The van der Waals surface area contributed by atoms with Gasteiger partial charge in [-0.1, -0.05) is 57.7 Å². The molecule has 31 heavy (non-hydrogen) atoms. The molecule has 1 N–H and O–H groups in total. The Morgan fingerprint density at radius 2 is 1.77 bits per heavy atom. The van der Waals surface area contributed by atoms with Crippen molar-refractivity contribution < 1.29 is 9.90 Å².